The Hall–Kier alpha value is -3.18. The summed E-state index contributed by atoms with van der Waals surface area (Å²) < 4.78 is 8.15. The predicted molar refractivity (Wildman–Crippen MR) is 143 cm³/mol. The first-order valence-corrected chi connectivity index (χ1v) is 13.4. The van der Waals surface area contributed by atoms with E-state index in [1.165, 1.54) is 18.4 Å². The standard InChI is InChI=1S/C31H37N3O2/c1-24-20-29(36-30(35)31(17-10-2-3-11-18-31)26-12-6-4-7-13-26)28(24)16-19-32-21-25-22-33-34(23-25)27-14-8-5-9-15-27/h4-9,12-15,22-23,28-29,32H,1-3,10-11,16-21H2. The van der Waals surface area contributed by atoms with Crippen LogP contribution in [0.25, 0.3) is 5.69 Å². The molecule has 1 aromatic heterocycles. The summed E-state index contributed by atoms with van der Waals surface area (Å²) in [5.74, 6) is 0.200. The van der Waals surface area contributed by atoms with E-state index in [9.17, 15) is 4.79 Å². The monoisotopic (exact) mass is 483 g/mol. The van der Waals surface area contributed by atoms with Crippen LogP contribution in [0.1, 0.15) is 62.5 Å². The van der Waals surface area contributed by atoms with E-state index in [4.69, 9.17) is 4.74 Å². The number of nitrogens with one attached hydrogen (secondary N) is 1. The fourth-order valence-corrected chi connectivity index (χ4v) is 5.78. The van der Waals surface area contributed by atoms with Gasteiger partial charge in [0.15, 0.2) is 0 Å². The second-order valence-corrected chi connectivity index (χ2v) is 10.4. The van der Waals surface area contributed by atoms with Gasteiger partial charge in [0, 0.05) is 30.6 Å². The first kappa shape index (κ1) is 24.5. The lowest BCUT2D eigenvalue weighted by Crippen LogP contribution is -2.45. The molecule has 2 aliphatic carbocycles. The molecule has 36 heavy (non-hydrogen) atoms. The molecule has 0 spiro atoms. The summed E-state index contributed by atoms with van der Waals surface area (Å²) in [5.41, 5.74) is 4.01. The van der Waals surface area contributed by atoms with Gasteiger partial charge in [0.25, 0.3) is 0 Å². The highest BCUT2D eigenvalue weighted by atomic mass is 16.5. The van der Waals surface area contributed by atoms with Crippen LogP contribution in [0.5, 0.6) is 0 Å². The zero-order valence-corrected chi connectivity index (χ0v) is 21.1. The van der Waals surface area contributed by atoms with Crippen molar-refractivity contribution in [3.05, 3.63) is 96.3 Å². The van der Waals surface area contributed by atoms with Crippen LogP contribution in [0.15, 0.2) is 85.2 Å². The van der Waals surface area contributed by atoms with Gasteiger partial charge in [-0.15, -0.1) is 0 Å². The molecule has 0 saturated heterocycles. The van der Waals surface area contributed by atoms with Crippen molar-refractivity contribution in [2.75, 3.05) is 6.54 Å². The lowest BCUT2D eigenvalue weighted by atomic mass is 9.72. The smallest absolute Gasteiger partial charge is 0.316 e. The maximum absolute atomic E-state index is 13.7. The molecule has 2 atom stereocenters. The fourth-order valence-electron chi connectivity index (χ4n) is 5.78. The molecule has 0 amide bonds. The van der Waals surface area contributed by atoms with Crippen molar-refractivity contribution in [3.8, 4) is 5.69 Å². The number of para-hydroxylation sites is 1. The van der Waals surface area contributed by atoms with Gasteiger partial charge in [-0.05, 0) is 43.5 Å². The van der Waals surface area contributed by atoms with Crippen molar-refractivity contribution >= 4 is 5.97 Å². The number of ether oxygens (including phenoxy) is 1. The number of carbonyl (C=O) groups is 1. The Morgan fingerprint density at radius 3 is 2.42 bits per heavy atom. The summed E-state index contributed by atoms with van der Waals surface area (Å²) in [6.45, 7) is 5.85. The van der Waals surface area contributed by atoms with Crippen molar-refractivity contribution in [1.82, 2.24) is 15.1 Å². The van der Waals surface area contributed by atoms with Crippen LogP contribution in [0.2, 0.25) is 0 Å². The van der Waals surface area contributed by atoms with E-state index in [0.717, 1.165) is 68.4 Å². The Bertz CT molecular complexity index is 1150. The molecule has 5 heteroatoms. The van der Waals surface area contributed by atoms with E-state index >= 15 is 0 Å². The Morgan fingerprint density at radius 2 is 1.72 bits per heavy atom. The molecule has 5 nitrogen and oxygen atoms in total. The van der Waals surface area contributed by atoms with Crippen LogP contribution in [-0.4, -0.2) is 28.4 Å². The number of hydrogen-bond acceptors (Lipinski definition) is 4. The molecule has 3 aromatic rings. The zero-order chi connectivity index (χ0) is 24.8. The van der Waals surface area contributed by atoms with E-state index in [0.29, 0.717) is 0 Å². The molecular weight excluding hydrogens is 446 g/mol. The van der Waals surface area contributed by atoms with Crippen LogP contribution in [0.3, 0.4) is 0 Å². The van der Waals surface area contributed by atoms with Gasteiger partial charge in [-0.1, -0.05) is 86.4 Å². The highest BCUT2D eigenvalue weighted by Crippen LogP contribution is 2.43. The van der Waals surface area contributed by atoms with Crippen molar-refractivity contribution in [2.45, 2.75) is 69.4 Å². The molecule has 1 N–H and O–H groups in total. The van der Waals surface area contributed by atoms with Gasteiger partial charge in [-0.2, -0.15) is 5.10 Å². The lowest BCUT2D eigenvalue weighted by molar-refractivity contribution is -0.162. The topological polar surface area (TPSA) is 56.1 Å². The number of esters is 1. The summed E-state index contributed by atoms with van der Waals surface area (Å²) in [5, 5.41) is 8.00. The number of rotatable bonds is 9. The molecule has 188 valence electrons. The van der Waals surface area contributed by atoms with E-state index < -0.39 is 5.41 Å². The minimum absolute atomic E-state index is 0.0283. The maximum Gasteiger partial charge on any atom is 0.316 e. The lowest BCUT2D eigenvalue weighted by Gasteiger charge is -2.41. The molecule has 0 radical (unpaired) electrons. The van der Waals surface area contributed by atoms with Gasteiger partial charge >= 0.3 is 5.97 Å². The number of hydrogen-bond donors (Lipinski definition) is 1. The van der Waals surface area contributed by atoms with Crippen LogP contribution in [0.4, 0.5) is 0 Å². The molecule has 1 heterocycles. The second kappa shape index (κ2) is 11.3. The Morgan fingerprint density at radius 1 is 1.03 bits per heavy atom. The highest BCUT2D eigenvalue weighted by Gasteiger charge is 2.45. The SMILES string of the molecule is C=C1CC(OC(=O)C2(c3ccccc3)CCCCCC2)C1CCNCc1cnn(-c2ccccc2)c1. The van der Waals surface area contributed by atoms with Gasteiger partial charge < -0.3 is 10.1 Å². The molecule has 2 fully saturated rings. The number of nitrogens with zero attached hydrogens (tertiary/aromatic N) is 2. The molecule has 5 rings (SSSR count). The Kier molecular flexibility index (Phi) is 7.66. The third-order valence-corrected chi connectivity index (χ3v) is 7.99. The summed E-state index contributed by atoms with van der Waals surface area (Å²) in [6.07, 6.45) is 11.9. The van der Waals surface area contributed by atoms with Gasteiger partial charge in [-0.25, -0.2) is 4.68 Å². The van der Waals surface area contributed by atoms with Crippen LogP contribution in [-0.2, 0) is 21.5 Å². The van der Waals surface area contributed by atoms with Crippen LogP contribution in [0, 0.1) is 5.92 Å². The Labute approximate surface area is 214 Å². The minimum atomic E-state index is -0.504. The third-order valence-electron chi connectivity index (χ3n) is 7.99. The van der Waals surface area contributed by atoms with Crippen LogP contribution < -0.4 is 5.32 Å². The molecule has 0 aliphatic heterocycles. The summed E-state index contributed by atoms with van der Waals surface area (Å²) >= 11 is 0. The highest BCUT2D eigenvalue weighted by molar-refractivity contribution is 5.83. The van der Waals surface area contributed by atoms with E-state index in [2.05, 4.69) is 35.3 Å². The van der Waals surface area contributed by atoms with E-state index in [1.807, 2.05) is 59.4 Å². The van der Waals surface area contributed by atoms with Gasteiger partial charge in [0.05, 0.1) is 17.3 Å². The Balaban J connectivity index is 1.15. The normalized spacial score (nSPS) is 21.4. The van der Waals surface area contributed by atoms with Crippen LogP contribution >= 0.6 is 0 Å². The van der Waals surface area contributed by atoms with Gasteiger partial charge in [0.2, 0.25) is 0 Å². The molecule has 2 aliphatic rings. The van der Waals surface area contributed by atoms with E-state index in [-0.39, 0.29) is 18.0 Å². The summed E-state index contributed by atoms with van der Waals surface area (Å²) in [4.78, 5) is 13.7. The maximum atomic E-state index is 13.7. The van der Waals surface area contributed by atoms with Gasteiger partial charge in [0.1, 0.15) is 6.10 Å². The second-order valence-electron chi connectivity index (χ2n) is 10.4. The first-order valence-electron chi connectivity index (χ1n) is 13.4. The molecule has 2 aromatic carbocycles. The minimum Gasteiger partial charge on any atom is -0.461 e. The van der Waals surface area contributed by atoms with Crippen molar-refractivity contribution in [3.63, 3.8) is 0 Å². The molecular formula is C31H37N3O2. The van der Waals surface area contributed by atoms with Crippen molar-refractivity contribution in [1.29, 1.82) is 0 Å². The molecule has 2 saturated carbocycles. The molecule has 2 unspecified atom stereocenters. The van der Waals surface area contributed by atoms with Crippen molar-refractivity contribution < 1.29 is 9.53 Å². The predicted octanol–water partition coefficient (Wildman–Crippen LogP) is 6.13. The molecule has 0 bridgehead atoms. The summed E-state index contributed by atoms with van der Waals surface area (Å²) in [7, 11) is 0. The average Bonchev–Trinajstić information content (AvgIpc) is 3.24. The van der Waals surface area contributed by atoms with Crippen molar-refractivity contribution in [2.24, 2.45) is 5.92 Å². The first-order chi connectivity index (χ1) is 17.7. The average molecular weight is 484 g/mol. The fraction of sp³-hybridized carbons (Fsp3) is 0.419. The number of aromatic nitrogens is 2. The van der Waals surface area contributed by atoms with E-state index in [1.54, 1.807) is 0 Å². The zero-order valence-electron chi connectivity index (χ0n) is 21.1. The quantitative estimate of drug-likeness (QED) is 0.172. The number of carbonyl (C=O) groups excluding carboxylic acids is 1. The largest absolute Gasteiger partial charge is 0.461 e. The summed E-state index contributed by atoms with van der Waals surface area (Å²) in [6, 6.07) is 20.4. The third kappa shape index (κ3) is 5.31. The van der Waals surface area contributed by atoms with Gasteiger partial charge in [-0.3, -0.25) is 4.79 Å². The number of benzene rings is 2.